The molecule has 9 heteroatoms. The Hall–Kier alpha value is -2.68. The van der Waals surface area contributed by atoms with E-state index in [1.807, 2.05) is 19.9 Å². The number of sulfone groups is 1. The fourth-order valence-electron chi connectivity index (χ4n) is 4.03. The van der Waals surface area contributed by atoms with Crippen LogP contribution in [0, 0.1) is 13.8 Å². The lowest BCUT2D eigenvalue weighted by atomic mass is 9.98. The zero-order valence-corrected chi connectivity index (χ0v) is 17.5. The van der Waals surface area contributed by atoms with Gasteiger partial charge in [-0.1, -0.05) is 0 Å². The number of pyridine rings is 1. The molecule has 0 spiro atoms. The highest BCUT2D eigenvalue weighted by Gasteiger charge is 2.33. The van der Waals surface area contributed by atoms with Gasteiger partial charge in [0.05, 0.1) is 36.3 Å². The molecule has 154 valence electrons. The number of carbonyl (C=O) groups excluding carboxylic acids is 1. The minimum absolute atomic E-state index is 0.0608. The Labute approximate surface area is 168 Å². The smallest absolute Gasteiger partial charge is 0.305 e. The van der Waals surface area contributed by atoms with E-state index in [4.69, 9.17) is 19.2 Å². The molecule has 0 bridgehead atoms. The molecular weight excluding hydrogens is 394 g/mol. The van der Waals surface area contributed by atoms with Gasteiger partial charge in [-0.05, 0) is 49.9 Å². The number of carbonyl (C=O) groups is 1. The summed E-state index contributed by atoms with van der Waals surface area (Å²) in [6, 6.07) is 3.36. The van der Waals surface area contributed by atoms with Crippen molar-refractivity contribution in [2.45, 2.75) is 39.2 Å². The Kier molecular flexibility index (Phi) is 4.94. The van der Waals surface area contributed by atoms with E-state index >= 15 is 0 Å². The monoisotopic (exact) mass is 417 g/mol. The first kappa shape index (κ1) is 19.6. The van der Waals surface area contributed by atoms with Crippen LogP contribution in [0.25, 0.3) is 22.5 Å². The molecule has 3 aromatic heterocycles. The predicted molar refractivity (Wildman–Crippen MR) is 107 cm³/mol. The highest BCUT2D eigenvalue weighted by atomic mass is 32.2. The Morgan fingerprint density at radius 3 is 2.79 bits per heavy atom. The van der Waals surface area contributed by atoms with Gasteiger partial charge in [-0.15, -0.1) is 0 Å². The largest absolute Gasteiger partial charge is 0.469 e. The summed E-state index contributed by atoms with van der Waals surface area (Å²) in [4.78, 5) is 16.4. The van der Waals surface area contributed by atoms with E-state index in [2.05, 4.69) is 0 Å². The fourth-order valence-corrected chi connectivity index (χ4v) is 5.72. The Bertz CT molecular complexity index is 1180. The van der Waals surface area contributed by atoms with Gasteiger partial charge < -0.3 is 9.15 Å². The van der Waals surface area contributed by atoms with Gasteiger partial charge in [-0.3, -0.25) is 4.79 Å². The zero-order chi connectivity index (χ0) is 20.8. The molecule has 0 radical (unpaired) electrons. The van der Waals surface area contributed by atoms with Crippen LogP contribution in [0.5, 0.6) is 0 Å². The summed E-state index contributed by atoms with van der Waals surface area (Å²) in [7, 11) is -1.70. The van der Waals surface area contributed by atoms with Gasteiger partial charge in [0, 0.05) is 12.1 Å². The van der Waals surface area contributed by atoms with Crippen molar-refractivity contribution in [3.05, 3.63) is 35.2 Å². The number of hydrogen-bond acceptors (Lipinski definition) is 7. The van der Waals surface area contributed by atoms with Crippen LogP contribution in [0.4, 0.5) is 0 Å². The van der Waals surface area contributed by atoms with Crippen LogP contribution in [0.15, 0.2) is 22.8 Å². The van der Waals surface area contributed by atoms with Crippen molar-refractivity contribution in [3.8, 4) is 11.5 Å². The molecule has 1 aliphatic rings. The van der Waals surface area contributed by atoms with Crippen molar-refractivity contribution in [3.63, 3.8) is 0 Å². The molecular formula is C20H23N3O5S. The van der Waals surface area contributed by atoms with Gasteiger partial charge >= 0.3 is 5.97 Å². The van der Waals surface area contributed by atoms with Crippen LogP contribution in [-0.4, -0.2) is 47.8 Å². The quantitative estimate of drug-likeness (QED) is 0.588. The number of ether oxygens (including phenoxy) is 1. The molecule has 1 atom stereocenters. The molecule has 1 aliphatic heterocycles. The number of aromatic nitrogens is 3. The third kappa shape index (κ3) is 3.55. The number of esters is 1. The highest BCUT2D eigenvalue weighted by molar-refractivity contribution is 7.91. The van der Waals surface area contributed by atoms with Crippen molar-refractivity contribution < 1.29 is 22.4 Å². The molecule has 3 aromatic rings. The summed E-state index contributed by atoms with van der Waals surface area (Å²) in [6.45, 7) is 3.88. The number of methoxy groups -OCH3 is 1. The van der Waals surface area contributed by atoms with Crippen LogP contribution < -0.4 is 0 Å². The van der Waals surface area contributed by atoms with Crippen LogP contribution in [-0.2, 0) is 25.8 Å². The maximum absolute atomic E-state index is 12.0. The third-order valence-electron chi connectivity index (χ3n) is 5.54. The second-order valence-corrected chi connectivity index (χ2v) is 9.63. The minimum atomic E-state index is -3.07. The lowest BCUT2D eigenvalue weighted by molar-refractivity contribution is -0.140. The van der Waals surface area contributed by atoms with Gasteiger partial charge in [0.1, 0.15) is 5.69 Å². The maximum atomic E-state index is 12.0. The lowest BCUT2D eigenvalue weighted by Crippen LogP contribution is -2.13. The van der Waals surface area contributed by atoms with Gasteiger partial charge in [0.15, 0.2) is 21.2 Å². The summed E-state index contributed by atoms with van der Waals surface area (Å²) >= 11 is 0. The highest BCUT2D eigenvalue weighted by Crippen LogP contribution is 2.36. The molecule has 4 rings (SSSR count). The van der Waals surface area contributed by atoms with E-state index < -0.39 is 9.84 Å². The van der Waals surface area contributed by atoms with Crippen molar-refractivity contribution in [1.29, 1.82) is 0 Å². The van der Waals surface area contributed by atoms with E-state index in [-0.39, 0.29) is 29.9 Å². The summed E-state index contributed by atoms with van der Waals surface area (Å²) in [5.74, 6) is 0.541. The summed E-state index contributed by atoms with van der Waals surface area (Å²) < 4.78 is 36.1. The first-order chi connectivity index (χ1) is 13.8. The van der Waals surface area contributed by atoms with E-state index in [1.54, 1.807) is 17.0 Å². The molecule has 8 nitrogen and oxygen atoms in total. The predicted octanol–water partition coefficient (Wildman–Crippen LogP) is 2.77. The topological polar surface area (TPSA) is 104 Å². The third-order valence-corrected chi connectivity index (χ3v) is 7.29. The second-order valence-electron chi connectivity index (χ2n) is 7.40. The molecule has 1 saturated heterocycles. The molecule has 1 unspecified atom stereocenters. The summed E-state index contributed by atoms with van der Waals surface area (Å²) in [6.07, 6.45) is 2.86. The number of rotatable bonds is 5. The minimum Gasteiger partial charge on any atom is -0.469 e. The summed E-state index contributed by atoms with van der Waals surface area (Å²) in [5.41, 5.74) is 4.02. The number of aryl methyl sites for hydroxylation is 2. The van der Waals surface area contributed by atoms with E-state index in [1.165, 1.54) is 7.11 Å². The van der Waals surface area contributed by atoms with Crippen molar-refractivity contribution in [1.82, 2.24) is 14.8 Å². The second kappa shape index (κ2) is 7.29. The average molecular weight is 417 g/mol. The van der Waals surface area contributed by atoms with E-state index in [0.29, 0.717) is 29.9 Å². The normalized spacial score (nSPS) is 18.4. The van der Waals surface area contributed by atoms with Crippen molar-refractivity contribution >= 4 is 26.8 Å². The van der Waals surface area contributed by atoms with Crippen LogP contribution in [0.3, 0.4) is 0 Å². The molecule has 0 N–H and O–H groups in total. The van der Waals surface area contributed by atoms with Gasteiger partial charge in [0.2, 0.25) is 0 Å². The molecule has 0 amide bonds. The molecule has 0 saturated carbocycles. The Balaban J connectivity index is 1.89. The van der Waals surface area contributed by atoms with Crippen LogP contribution >= 0.6 is 0 Å². The van der Waals surface area contributed by atoms with Crippen LogP contribution in [0.2, 0.25) is 0 Å². The fraction of sp³-hybridized carbons (Fsp3) is 0.450. The van der Waals surface area contributed by atoms with Crippen molar-refractivity contribution in [2.24, 2.45) is 0 Å². The lowest BCUT2D eigenvalue weighted by Gasteiger charge is -2.13. The van der Waals surface area contributed by atoms with Gasteiger partial charge in [-0.25, -0.2) is 18.1 Å². The number of nitrogens with zero attached hydrogens (tertiary/aromatic N) is 3. The van der Waals surface area contributed by atoms with Crippen molar-refractivity contribution in [2.75, 3.05) is 18.6 Å². The SMILES string of the molecule is COC(=O)CCc1c(C)nc2c(c(-c3ccco3)nn2C2CCS(=O)(=O)C2)c1C. The summed E-state index contributed by atoms with van der Waals surface area (Å²) in [5, 5.41) is 5.57. The Morgan fingerprint density at radius 1 is 1.38 bits per heavy atom. The molecule has 0 aromatic carbocycles. The average Bonchev–Trinajstić information content (AvgIpc) is 3.39. The van der Waals surface area contributed by atoms with Crippen LogP contribution in [0.1, 0.15) is 35.7 Å². The Morgan fingerprint density at radius 2 is 2.17 bits per heavy atom. The molecule has 29 heavy (non-hydrogen) atoms. The first-order valence-electron chi connectivity index (χ1n) is 9.50. The molecule has 4 heterocycles. The molecule has 1 fully saturated rings. The standard InChI is InChI=1S/C20H23N3O5S/c1-12-15(6-7-17(24)27-3)13(2)21-20-18(12)19(16-5-4-9-28-16)22-23(20)14-8-10-29(25,26)11-14/h4-5,9,14H,6-8,10-11H2,1-3H3. The zero-order valence-electron chi connectivity index (χ0n) is 16.6. The maximum Gasteiger partial charge on any atom is 0.305 e. The molecule has 0 aliphatic carbocycles. The van der Waals surface area contributed by atoms with E-state index in [9.17, 15) is 13.2 Å². The van der Waals surface area contributed by atoms with E-state index in [0.717, 1.165) is 22.2 Å². The number of furan rings is 1. The number of hydrogen-bond donors (Lipinski definition) is 0. The number of fused-ring (bicyclic) bond motifs is 1. The van der Waals surface area contributed by atoms with Gasteiger partial charge in [-0.2, -0.15) is 5.10 Å². The first-order valence-corrected chi connectivity index (χ1v) is 11.3. The van der Waals surface area contributed by atoms with Gasteiger partial charge in [0.25, 0.3) is 0 Å².